The molecule has 0 aliphatic heterocycles. The highest BCUT2D eigenvalue weighted by molar-refractivity contribution is 5.75. The van der Waals surface area contributed by atoms with Gasteiger partial charge in [-0.3, -0.25) is 0 Å². The van der Waals surface area contributed by atoms with Crippen molar-refractivity contribution < 1.29 is 5.11 Å². The van der Waals surface area contributed by atoms with Crippen molar-refractivity contribution in [3.05, 3.63) is 34.2 Å². The van der Waals surface area contributed by atoms with E-state index >= 15 is 0 Å². The minimum Gasteiger partial charge on any atom is -0.389 e. The number of hydrogen-bond donors (Lipinski definition) is 4. The van der Waals surface area contributed by atoms with E-state index in [1.54, 1.807) is 0 Å². The number of rotatable bonds is 4. The van der Waals surface area contributed by atoms with Crippen LogP contribution in [0, 0.1) is 0 Å². The monoisotopic (exact) mass is 303 g/mol. The van der Waals surface area contributed by atoms with E-state index in [2.05, 4.69) is 22.2 Å². The highest BCUT2D eigenvalue weighted by Gasteiger charge is 2.28. The Balaban J connectivity index is 1.67. The molecule has 0 radical (unpaired) electrons. The average Bonchev–Trinajstić information content (AvgIpc) is 2.73. The molecule has 120 valence electrons. The van der Waals surface area contributed by atoms with Crippen molar-refractivity contribution in [3.63, 3.8) is 0 Å². The highest BCUT2D eigenvalue weighted by Crippen LogP contribution is 2.27. The third-order valence-electron chi connectivity index (χ3n) is 4.81. The summed E-state index contributed by atoms with van der Waals surface area (Å²) in [5.74, 6) is 0. The van der Waals surface area contributed by atoms with Crippen LogP contribution < -0.4 is 11.0 Å². The first-order valence-electron chi connectivity index (χ1n) is 8.23. The minimum atomic E-state index is -0.572. The van der Waals surface area contributed by atoms with Gasteiger partial charge in [-0.15, -0.1) is 0 Å². The molecule has 1 aromatic heterocycles. The topological polar surface area (TPSA) is 80.9 Å². The molecule has 5 nitrogen and oxygen atoms in total. The molecular formula is C17H25N3O2. The quantitative estimate of drug-likeness (QED) is 0.655. The molecule has 1 fully saturated rings. The van der Waals surface area contributed by atoms with Gasteiger partial charge in [-0.2, -0.15) is 0 Å². The van der Waals surface area contributed by atoms with E-state index < -0.39 is 5.60 Å². The van der Waals surface area contributed by atoms with Crippen LogP contribution in [0.3, 0.4) is 0 Å². The fraction of sp³-hybridized carbons (Fsp3) is 0.588. The number of H-pyrrole nitrogens is 2. The average molecular weight is 303 g/mol. The lowest BCUT2D eigenvalue weighted by molar-refractivity contribution is 0.0231. The smallest absolute Gasteiger partial charge is 0.323 e. The van der Waals surface area contributed by atoms with E-state index in [9.17, 15) is 9.90 Å². The van der Waals surface area contributed by atoms with Crippen molar-refractivity contribution in [1.29, 1.82) is 0 Å². The molecule has 3 rings (SSSR count). The lowest BCUT2D eigenvalue weighted by Gasteiger charge is -2.29. The Bertz CT molecular complexity index is 681. The second-order valence-corrected chi connectivity index (χ2v) is 6.63. The van der Waals surface area contributed by atoms with Gasteiger partial charge in [0, 0.05) is 12.6 Å². The summed E-state index contributed by atoms with van der Waals surface area (Å²) >= 11 is 0. The molecule has 1 aliphatic rings. The number of aromatic amines is 2. The molecule has 0 amide bonds. The molecule has 0 spiro atoms. The predicted octanol–water partition coefficient (Wildman–Crippen LogP) is 2.59. The van der Waals surface area contributed by atoms with Gasteiger partial charge in [0.25, 0.3) is 0 Å². The summed E-state index contributed by atoms with van der Waals surface area (Å²) in [7, 11) is 0. The van der Waals surface area contributed by atoms with E-state index in [0.717, 1.165) is 42.3 Å². The molecule has 4 N–H and O–H groups in total. The number of imidazole rings is 1. The van der Waals surface area contributed by atoms with Crippen LogP contribution >= 0.6 is 0 Å². The molecule has 1 unspecified atom stereocenters. The molecule has 1 heterocycles. The Morgan fingerprint density at radius 1 is 1.18 bits per heavy atom. The first-order chi connectivity index (χ1) is 10.6. The van der Waals surface area contributed by atoms with Crippen molar-refractivity contribution in [2.24, 2.45) is 0 Å². The Kier molecular flexibility index (Phi) is 4.36. The highest BCUT2D eigenvalue weighted by atomic mass is 16.3. The maximum Gasteiger partial charge on any atom is 0.323 e. The molecule has 1 atom stereocenters. The zero-order valence-electron chi connectivity index (χ0n) is 13.1. The van der Waals surface area contributed by atoms with Gasteiger partial charge >= 0.3 is 5.69 Å². The van der Waals surface area contributed by atoms with Crippen molar-refractivity contribution in [3.8, 4) is 0 Å². The van der Waals surface area contributed by atoms with Crippen LogP contribution in [0.5, 0.6) is 0 Å². The van der Waals surface area contributed by atoms with Gasteiger partial charge in [0.1, 0.15) is 0 Å². The lowest BCUT2D eigenvalue weighted by Crippen LogP contribution is -2.41. The van der Waals surface area contributed by atoms with Gasteiger partial charge in [-0.25, -0.2) is 4.79 Å². The molecule has 1 saturated carbocycles. The van der Waals surface area contributed by atoms with Crippen LogP contribution in [0.4, 0.5) is 0 Å². The normalized spacial score (nSPS) is 19.9. The molecule has 22 heavy (non-hydrogen) atoms. The second-order valence-electron chi connectivity index (χ2n) is 6.63. The number of hydrogen-bond acceptors (Lipinski definition) is 3. The Labute approximate surface area is 130 Å². The maximum atomic E-state index is 11.3. The predicted molar refractivity (Wildman–Crippen MR) is 88.0 cm³/mol. The van der Waals surface area contributed by atoms with E-state index in [0.29, 0.717) is 6.54 Å². The standard InChI is InChI=1S/C17H25N3O2/c1-12(18-11-17(22)8-4-2-3-5-9-17)13-6-7-14-15(10-13)20-16(21)19-14/h6-7,10,12,18,22H,2-5,8-9,11H2,1H3,(H2,19,20,21). The fourth-order valence-electron chi connectivity index (χ4n) is 3.34. The Hall–Kier alpha value is -1.59. The summed E-state index contributed by atoms with van der Waals surface area (Å²) in [5.41, 5.74) is 2.00. The summed E-state index contributed by atoms with van der Waals surface area (Å²) in [5, 5.41) is 14.2. The molecule has 1 aromatic carbocycles. The Morgan fingerprint density at radius 3 is 2.59 bits per heavy atom. The van der Waals surface area contributed by atoms with Crippen LogP contribution in [0.15, 0.2) is 23.0 Å². The van der Waals surface area contributed by atoms with Gasteiger partial charge in [0.05, 0.1) is 16.6 Å². The number of aromatic nitrogens is 2. The summed E-state index contributed by atoms with van der Waals surface area (Å²) < 4.78 is 0. The van der Waals surface area contributed by atoms with Gasteiger partial charge in [-0.1, -0.05) is 31.7 Å². The molecule has 2 aromatic rings. The van der Waals surface area contributed by atoms with Crippen LogP contribution in [-0.4, -0.2) is 27.2 Å². The van der Waals surface area contributed by atoms with E-state index in [4.69, 9.17) is 0 Å². The van der Waals surface area contributed by atoms with Gasteiger partial charge in [0.2, 0.25) is 0 Å². The summed E-state index contributed by atoms with van der Waals surface area (Å²) in [6.45, 7) is 2.71. The Morgan fingerprint density at radius 2 is 1.86 bits per heavy atom. The van der Waals surface area contributed by atoms with Crippen LogP contribution in [-0.2, 0) is 0 Å². The summed E-state index contributed by atoms with van der Waals surface area (Å²) in [6.07, 6.45) is 6.46. The van der Waals surface area contributed by atoms with Crippen molar-refractivity contribution >= 4 is 11.0 Å². The molecule has 5 heteroatoms. The second kappa shape index (κ2) is 6.26. The molecular weight excluding hydrogens is 278 g/mol. The largest absolute Gasteiger partial charge is 0.389 e. The third-order valence-corrected chi connectivity index (χ3v) is 4.81. The van der Waals surface area contributed by atoms with Crippen LogP contribution in [0.25, 0.3) is 11.0 Å². The third kappa shape index (κ3) is 3.42. The minimum absolute atomic E-state index is 0.134. The number of fused-ring (bicyclic) bond motifs is 1. The van der Waals surface area contributed by atoms with Gasteiger partial charge in [-0.05, 0) is 37.5 Å². The lowest BCUT2D eigenvalue weighted by atomic mass is 9.94. The van der Waals surface area contributed by atoms with E-state index in [-0.39, 0.29) is 11.7 Å². The van der Waals surface area contributed by atoms with Crippen molar-refractivity contribution in [1.82, 2.24) is 15.3 Å². The summed E-state index contributed by atoms with van der Waals surface area (Å²) in [4.78, 5) is 16.9. The first kappa shape index (κ1) is 15.3. The van der Waals surface area contributed by atoms with Crippen LogP contribution in [0.2, 0.25) is 0 Å². The van der Waals surface area contributed by atoms with Crippen molar-refractivity contribution in [2.75, 3.05) is 6.54 Å². The van der Waals surface area contributed by atoms with Crippen LogP contribution in [0.1, 0.15) is 57.1 Å². The first-order valence-corrected chi connectivity index (χ1v) is 8.23. The van der Waals surface area contributed by atoms with E-state index in [1.807, 2.05) is 18.2 Å². The molecule has 0 bridgehead atoms. The van der Waals surface area contributed by atoms with E-state index in [1.165, 1.54) is 12.8 Å². The van der Waals surface area contributed by atoms with Gasteiger partial charge in [0.15, 0.2) is 0 Å². The maximum absolute atomic E-state index is 11.3. The number of aliphatic hydroxyl groups is 1. The van der Waals surface area contributed by atoms with Gasteiger partial charge < -0.3 is 20.4 Å². The fourth-order valence-corrected chi connectivity index (χ4v) is 3.34. The van der Waals surface area contributed by atoms with Crippen molar-refractivity contribution in [2.45, 2.75) is 57.1 Å². The number of benzene rings is 1. The molecule has 1 aliphatic carbocycles. The SMILES string of the molecule is CC(NCC1(O)CCCCCC1)c1ccc2[nH]c(=O)[nH]c2c1. The zero-order chi connectivity index (χ0) is 15.6. The molecule has 0 saturated heterocycles. The summed E-state index contributed by atoms with van der Waals surface area (Å²) in [6, 6.07) is 6.06. The zero-order valence-corrected chi connectivity index (χ0v) is 13.1. The number of nitrogens with one attached hydrogen (secondary N) is 3.